The molecule has 1 atom stereocenters. The minimum absolute atomic E-state index is 0.159. The van der Waals surface area contributed by atoms with Crippen LogP contribution in [-0.2, 0) is 0 Å². The van der Waals surface area contributed by atoms with Crippen LogP contribution in [0.25, 0.3) is 11.6 Å². The highest BCUT2D eigenvalue weighted by Crippen LogP contribution is 2.13. The number of pyridine rings is 2. The van der Waals surface area contributed by atoms with Crippen LogP contribution in [0.1, 0.15) is 24.1 Å². The van der Waals surface area contributed by atoms with E-state index in [2.05, 4.69) is 10.3 Å². The molecule has 0 bridgehead atoms. The fourth-order valence-electron chi connectivity index (χ4n) is 2.80. The van der Waals surface area contributed by atoms with E-state index in [9.17, 15) is 9.18 Å². The van der Waals surface area contributed by atoms with E-state index < -0.39 is 17.3 Å². The summed E-state index contributed by atoms with van der Waals surface area (Å²) in [4.78, 5) is 16.6. The van der Waals surface area contributed by atoms with Crippen LogP contribution in [0.4, 0.5) is 4.39 Å². The number of nitrogens with one attached hydrogen (secondary N) is 4. The first-order valence-corrected chi connectivity index (χ1v) is 9.09. The average molecular weight is 409 g/mol. The predicted molar refractivity (Wildman–Crippen MR) is 118 cm³/mol. The Kier molecular flexibility index (Phi) is 7.51. The summed E-state index contributed by atoms with van der Waals surface area (Å²) in [6.07, 6.45) is 10.3. The molecule has 0 radical (unpaired) electrons. The van der Waals surface area contributed by atoms with Crippen LogP contribution >= 0.6 is 0 Å². The number of halogens is 1. The molecule has 0 amide bonds. The summed E-state index contributed by atoms with van der Waals surface area (Å²) in [6, 6.07) is 3.70. The van der Waals surface area contributed by atoms with Gasteiger partial charge in [0.05, 0.1) is 6.04 Å². The lowest BCUT2D eigenvalue weighted by atomic mass is 10.1. The number of allylic oxidation sites excluding steroid dienone is 2. The van der Waals surface area contributed by atoms with Crippen molar-refractivity contribution in [2.24, 2.45) is 4.99 Å². The molecule has 2 rings (SSSR count). The van der Waals surface area contributed by atoms with E-state index in [0.717, 1.165) is 16.8 Å². The fourth-order valence-corrected chi connectivity index (χ4v) is 2.80. The molecular formula is C21H24FN7O. The van der Waals surface area contributed by atoms with E-state index in [4.69, 9.17) is 16.2 Å². The first-order valence-electron chi connectivity index (χ1n) is 9.09. The summed E-state index contributed by atoms with van der Waals surface area (Å²) >= 11 is 0. The Hall–Kier alpha value is -3.88. The zero-order valence-corrected chi connectivity index (χ0v) is 17.0. The van der Waals surface area contributed by atoms with E-state index >= 15 is 0 Å². The Balaban J connectivity index is 2.54. The van der Waals surface area contributed by atoms with Crippen molar-refractivity contribution in [3.05, 3.63) is 75.7 Å². The number of rotatable bonds is 7. The maximum atomic E-state index is 14.4. The van der Waals surface area contributed by atoms with E-state index in [0.29, 0.717) is 16.7 Å². The predicted octanol–water partition coefficient (Wildman–Crippen LogP) is 2.28. The van der Waals surface area contributed by atoms with Gasteiger partial charge in [-0.1, -0.05) is 0 Å². The smallest absolute Gasteiger partial charge is 0.258 e. The molecule has 0 saturated carbocycles. The molecule has 30 heavy (non-hydrogen) atoms. The highest BCUT2D eigenvalue weighted by Gasteiger charge is 2.18. The van der Waals surface area contributed by atoms with Crippen molar-refractivity contribution in [2.45, 2.75) is 13.0 Å². The first-order chi connectivity index (χ1) is 14.3. The van der Waals surface area contributed by atoms with Gasteiger partial charge in [0.2, 0.25) is 0 Å². The Morgan fingerprint density at radius 2 is 2.13 bits per heavy atom. The zero-order valence-electron chi connectivity index (χ0n) is 17.0. The van der Waals surface area contributed by atoms with E-state index in [-0.39, 0.29) is 11.4 Å². The molecule has 0 aliphatic carbocycles. The molecule has 9 heteroatoms. The van der Waals surface area contributed by atoms with E-state index in [1.807, 2.05) is 0 Å². The van der Waals surface area contributed by atoms with Gasteiger partial charge in [0, 0.05) is 61.8 Å². The molecule has 0 aliphatic rings. The van der Waals surface area contributed by atoms with Crippen molar-refractivity contribution < 1.29 is 4.39 Å². The Bertz CT molecular complexity index is 1150. The summed E-state index contributed by atoms with van der Waals surface area (Å²) in [7, 11) is 3.27. The van der Waals surface area contributed by atoms with Crippen molar-refractivity contribution in [2.75, 3.05) is 14.1 Å². The summed E-state index contributed by atoms with van der Waals surface area (Å²) in [6.45, 7) is 1.63. The molecule has 4 N–H and O–H groups in total. The molecule has 2 heterocycles. The highest BCUT2D eigenvalue weighted by atomic mass is 19.1. The minimum Gasteiger partial charge on any atom is -0.393 e. The number of nitrogens with zero attached hydrogens (tertiary/aromatic N) is 3. The lowest BCUT2D eigenvalue weighted by Crippen LogP contribution is -2.37. The second kappa shape index (κ2) is 10.1. The van der Waals surface area contributed by atoms with Gasteiger partial charge in [-0.25, -0.2) is 4.39 Å². The molecule has 2 aromatic rings. The third-order valence-corrected chi connectivity index (χ3v) is 4.39. The molecule has 0 aliphatic heterocycles. The van der Waals surface area contributed by atoms with E-state index in [1.54, 1.807) is 57.7 Å². The summed E-state index contributed by atoms with van der Waals surface area (Å²) < 4.78 is 16.8. The van der Waals surface area contributed by atoms with Crippen molar-refractivity contribution in [1.82, 2.24) is 14.5 Å². The largest absolute Gasteiger partial charge is 0.393 e. The van der Waals surface area contributed by atoms with Gasteiger partial charge in [-0.15, -0.1) is 0 Å². The molecule has 0 spiro atoms. The maximum absolute atomic E-state index is 14.4. The molecule has 156 valence electrons. The van der Waals surface area contributed by atoms with Crippen LogP contribution in [0.5, 0.6) is 0 Å². The molecule has 2 aromatic heterocycles. The molecule has 8 nitrogen and oxygen atoms in total. The summed E-state index contributed by atoms with van der Waals surface area (Å²) in [5.74, 6) is -0.996. The topological polar surface area (TPSA) is 123 Å². The third kappa shape index (κ3) is 4.75. The average Bonchev–Trinajstić information content (AvgIpc) is 2.74. The quantitative estimate of drug-likeness (QED) is 0.414. The fraction of sp³-hybridized carbons (Fsp3) is 0.190. The standard InChI is InChI=1S/C21H24FN7O/c1-14(28-9-5-7-15(21(28)30)6-4-8-26-2)19(24)29-13-16(10-18(22)20(29)25)17(11-23)12-27-3/h4-14,23-25,27H,1-3H3/b6-4-,17-12+,23-11?,24-19?,25-20?,26-8-. The zero-order chi connectivity index (χ0) is 22.3. The van der Waals surface area contributed by atoms with Gasteiger partial charge in [-0.2, -0.15) is 0 Å². The van der Waals surface area contributed by atoms with Crippen LogP contribution < -0.4 is 16.4 Å². The van der Waals surface area contributed by atoms with Gasteiger partial charge < -0.3 is 15.3 Å². The van der Waals surface area contributed by atoms with Crippen LogP contribution in [0.3, 0.4) is 0 Å². The van der Waals surface area contributed by atoms with Gasteiger partial charge in [0.1, 0.15) is 5.84 Å². The number of hydrogen-bond donors (Lipinski definition) is 4. The number of hydrogen-bond acceptors (Lipinski definition) is 6. The normalized spacial score (nSPS) is 13.0. The van der Waals surface area contributed by atoms with Gasteiger partial charge in [0.25, 0.3) is 5.56 Å². The van der Waals surface area contributed by atoms with Gasteiger partial charge in [-0.3, -0.25) is 25.2 Å². The van der Waals surface area contributed by atoms with Gasteiger partial charge in [0.15, 0.2) is 11.3 Å². The highest BCUT2D eigenvalue weighted by molar-refractivity contribution is 6.08. The summed E-state index contributed by atoms with van der Waals surface area (Å²) in [5.41, 5.74) is 0.290. The van der Waals surface area contributed by atoms with Crippen molar-refractivity contribution in [3.63, 3.8) is 0 Å². The van der Waals surface area contributed by atoms with Crippen molar-refractivity contribution >= 4 is 29.9 Å². The Morgan fingerprint density at radius 1 is 1.40 bits per heavy atom. The summed E-state index contributed by atoms with van der Waals surface area (Å²) in [5, 5.41) is 26.8. The van der Waals surface area contributed by atoms with Crippen molar-refractivity contribution in [3.8, 4) is 0 Å². The second-order valence-corrected chi connectivity index (χ2v) is 6.33. The maximum Gasteiger partial charge on any atom is 0.258 e. The molecule has 0 fully saturated rings. The lowest BCUT2D eigenvalue weighted by molar-refractivity contribution is 0.580. The molecule has 1 unspecified atom stereocenters. The van der Waals surface area contributed by atoms with Crippen LogP contribution in [0.15, 0.2) is 52.7 Å². The lowest BCUT2D eigenvalue weighted by Gasteiger charge is -2.20. The SMILES string of the molecule is C/N=C\C=C/c1cccn(C(C)C(=N)n2cc(/C(C=N)=C/NC)cc(F)c2=N)c1=O. The van der Waals surface area contributed by atoms with Crippen molar-refractivity contribution in [1.29, 1.82) is 16.2 Å². The third-order valence-electron chi connectivity index (χ3n) is 4.39. The molecule has 0 saturated heterocycles. The van der Waals surface area contributed by atoms with E-state index in [1.165, 1.54) is 17.0 Å². The number of aromatic nitrogens is 2. The van der Waals surface area contributed by atoms with Gasteiger partial charge in [-0.05, 0) is 37.3 Å². The number of aliphatic imine (C=N–C) groups is 1. The monoisotopic (exact) mass is 409 g/mol. The van der Waals surface area contributed by atoms with Gasteiger partial charge >= 0.3 is 0 Å². The molecule has 0 aromatic carbocycles. The van der Waals surface area contributed by atoms with Crippen LogP contribution in [-0.4, -0.2) is 41.5 Å². The molecular weight excluding hydrogens is 385 g/mol. The van der Waals surface area contributed by atoms with Crippen LogP contribution in [0, 0.1) is 22.0 Å². The van der Waals surface area contributed by atoms with Crippen LogP contribution in [0.2, 0.25) is 0 Å². The second-order valence-electron chi connectivity index (χ2n) is 6.33. The minimum atomic E-state index is -0.837. The Labute approximate surface area is 173 Å². The Morgan fingerprint density at radius 3 is 2.77 bits per heavy atom. The first kappa shape index (κ1) is 22.4.